The lowest BCUT2D eigenvalue weighted by molar-refractivity contribution is -0.137. The summed E-state index contributed by atoms with van der Waals surface area (Å²) in [4.78, 5) is 15.0. The molecular formula is C22H22BrF3N4O. The van der Waals surface area contributed by atoms with E-state index in [-0.39, 0.29) is 17.7 Å². The van der Waals surface area contributed by atoms with Crippen LogP contribution in [0.25, 0.3) is 5.70 Å². The van der Waals surface area contributed by atoms with E-state index in [1.54, 1.807) is 11.9 Å². The maximum absolute atomic E-state index is 13.2. The van der Waals surface area contributed by atoms with Crippen molar-refractivity contribution < 1.29 is 18.0 Å². The van der Waals surface area contributed by atoms with Gasteiger partial charge in [-0.25, -0.2) is 9.44 Å². The van der Waals surface area contributed by atoms with Gasteiger partial charge in [-0.2, -0.15) is 13.2 Å². The lowest BCUT2D eigenvalue weighted by Gasteiger charge is -2.35. The zero-order chi connectivity index (χ0) is 22.6. The van der Waals surface area contributed by atoms with Crippen LogP contribution < -0.4 is 10.9 Å². The summed E-state index contributed by atoms with van der Waals surface area (Å²) in [5.41, 5.74) is 8.19. The van der Waals surface area contributed by atoms with Crippen molar-refractivity contribution in [1.29, 1.82) is 0 Å². The molecule has 1 heterocycles. The SMILES string of the molecule is CNN/C(=C\C(=N/Br)C(=O)N1CCc2ccccc2[C@H]1C)c1ccc(C(F)(F)F)cc1. The van der Waals surface area contributed by atoms with E-state index in [1.807, 2.05) is 25.1 Å². The van der Waals surface area contributed by atoms with Crippen LogP contribution in [-0.4, -0.2) is 30.1 Å². The number of fused-ring (bicyclic) bond motifs is 1. The summed E-state index contributed by atoms with van der Waals surface area (Å²) in [5.74, 6) is -0.277. The zero-order valence-corrected chi connectivity index (χ0v) is 18.6. The Morgan fingerprint density at radius 2 is 1.87 bits per heavy atom. The topological polar surface area (TPSA) is 56.7 Å². The van der Waals surface area contributed by atoms with Crippen LogP contribution >= 0.6 is 16.1 Å². The Bertz CT molecular complexity index is 1000. The third-order valence-electron chi connectivity index (χ3n) is 5.23. The molecule has 2 N–H and O–H groups in total. The monoisotopic (exact) mass is 494 g/mol. The van der Waals surface area contributed by atoms with Gasteiger partial charge in [0.15, 0.2) is 0 Å². The largest absolute Gasteiger partial charge is 0.416 e. The molecule has 0 unspecified atom stereocenters. The van der Waals surface area contributed by atoms with E-state index in [0.717, 1.165) is 24.1 Å². The molecule has 0 radical (unpaired) electrons. The van der Waals surface area contributed by atoms with Gasteiger partial charge in [0.25, 0.3) is 5.91 Å². The number of rotatable bonds is 5. The number of amides is 1. The van der Waals surface area contributed by atoms with Gasteiger partial charge in [0.05, 0.1) is 33.4 Å². The van der Waals surface area contributed by atoms with Gasteiger partial charge in [0.1, 0.15) is 5.71 Å². The fourth-order valence-corrected chi connectivity index (χ4v) is 3.87. The zero-order valence-electron chi connectivity index (χ0n) is 17.0. The number of nitrogens with one attached hydrogen (secondary N) is 2. The summed E-state index contributed by atoms with van der Waals surface area (Å²) in [6, 6.07) is 12.6. The summed E-state index contributed by atoms with van der Waals surface area (Å²) in [7, 11) is 1.62. The molecular weight excluding hydrogens is 473 g/mol. The highest BCUT2D eigenvalue weighted by Gasteiger charge is 2.31. The van der Waals surface area contributed by atoms with Crippen molar-refractivity contribution in [3.05, 3.63) is 76.9 Å². The van der Waals surface area contributed by atoms with Gasteiger partial charge in [-0.05, 0) is 48.2 Å². The molecule has 31 heavy (non-hydrogen) atoms. The summed E-state index contributed by atoms with van der Waals surface area (Å²) >= 11 is 3.02. The van der Waals surface area contributed by atoms with Crippen molar-refractivity contribution in [3.8, 4) is 0 Å². The van der Waals surface area contributed by atoms with Crippen LogP contribution in [0.15, 0.2) is 58.6 Å². The first-order valence-electron chi connectivity index (χ1n) is 9.66. The molecule has 0 aromatic heterocycles. The number of carbonyl (C=O) groups is 1. The van der Waals surface area contributed by atoms with E-state index in [2.05, 4.69) is 37.1 Å². The number of hydrogen-bond acceptors (Lipinski definition) is 4. The van der Waals surface area contributed by atoms with E-state index >= 15 is 0 Å². The predicted molar refractivity (Wildman–Crippen MR) is 118 cm³/mol. The number of halogens is 4. The maximum Gasteiger partial charge on any atom is 0.416 e. The van der Waals surface area contributed by atoms with E-state index in [1.165, 1.54) is 23.8 Å². The summed E-state index contributed by atoms with van der Waals surface area (Å²) in [6.07, 6.45) is -2.17. The Morgan fingerprint density at radius 3 is 2.48 bits per heavy atom. The normalized spacial score (nSPS) is 17.4. The quantitative estimate of drug-likeness (QED) is 0.469. The molecule has 1 amide bonds. The molecule has 0 saturated heterocycles. The molecule has 3 rings (SSSR count). The van der Waals surface area contributed by atoms with Crippen molar-refractivity contribution in [2.45, 2.75) is 25.6 Å². The molecule has 164 valence electrons. The van der Waals surface area contributed by atoms with Gasteiger partial charge in [-0.15, -0.1) is 0 Å². The third-order valence-corrected chi connectivity index (χ3v) is 5.61. The van der Waals surface area contributed by atoms with Gasteiger partial charge >= 0.3 is 6.18 Å². The first kappa shape index (κ1) is 23.0. The molecule has 0 saturated carbocycles. The summed E-state index contributed by atoms with van der Waals surface area (Å²) in [5, 5.41) is 0. The second-order valence-electron chi connectivity index (χ2n) is 7.10. The maximum atomic E-state index is 13.2. The minimum absolute atomic E-state index is 0.123. The fraction of sp³-hybridized carbons (Fsp3) is 0.273. The number of hydrogen-bond donors (Lipinski definition) is 2. The van der Waals surface area contributed by atoms with Crippen molar-refractivity contribution in [1.82, 2.24) is 15.8 Å². The molecule has 5 nitrogen and oxygen atoms in total. The van der Waals surface area contributed by atoms with Crippen LogP contribution in [0.1, 0.15) is 35.2 Å². The van der Waals surface area contributed by atoms with Crippen LogP contribution in [0.3, 0.4) is 0 Å². The highest BCUT2D eigenvalue weighted by atomic mass is 79.9. The first-order chi connectivity index (χ1) is 14.8. The minimum atomic E-state index is -4.42. The standard InChI is InChI=1S/C22H22BrF3N4O/c1-14-18-6-4-3-5-15(18)11-12-30(14)21(31)20(28-23)13-19(29-27-2)16-7-9-17(10-8-16)22(24,25)26/h3-10,13-14,27,29H,11-12H2,1-2H3/b19-13-,28-20+/t14-/m1/s1. The van der Waals surface area contributed by atoms with Crippen LogP contribution in [0.4, 0.5) is 13.2 Å². The fourth-order valence-electron chi connectivity index (χ4n) is 3.62. The Morgan fingerprint density at radius 1 is 1.19 bits per heavy atom. The van der Waals surface area contributed by atoms with Gasteiger partial charge in [-0.3, -0.25) is 4.79 Å². The molecule has 1 aliphatic rings. The number of hydrazine groups is 1. The Labute approximate surface area is 187 Å². The predicted octanol–water partition coefficient (Wildman–Crippen LogP) is 4.67. The van der Waals surface area contributed by atoms with E-state index < -0.39 is 11.7 Å². The number of benzene rings is 2. The van der Waals surface area contributed by atoms with Crippen molar-refractivity contribution in [2.24, 2.45) is 4.02 Å². The van der Waals surface area contributed by atoms with Crippen LogP contribution in [0.2, 0.25) is 0 Å². The molecule has 0 aliphatic carbocycles. The second kappa shape index (κ2) is 9.65. The van der Waals surface area contributed by atoms with Crippen molar-refractivity contribution in [3.63, 3.8) is 0 Å². The van der Waals surface area contributed by atoms with E-state index in [9.17, 15) is 18.0 Å². The minimum Gasteiger partial charge on any atom is -0.330 e. The lowest BCUT2D eigenvalue weighted by atomic mass is 9.93. The summed E-state index contributed by atoms with van der Waals surface area (Å²) in [6.45, 7) is 2.51. The molecule has 2 aromatic carbocycles. The highest BCUT2D eigenvalue weighted by molar-refractivity contribution is 9.08. The molecule has 9 heteroatoms. The molecule has 1 aliphatic heterocycles. The van der Waals surface area contributed by atoms with Gasteiger partial charge < -0.3 is 10.3 Å². The van der Waals surface area contributed by atoms with Crippen LogP contribution in [0.5, 0.6) is 0 Å². The van der Waals surface area contributed by atoms with Crippen LogP contribution in [-0.2, 0) is 17.4 Å². The average molecular weight is 495 g/mol. The lowest BCUT2D eigenvalue weighted by Crippen LogP contribution is -2.42. The molecule has 2 aromatic rings. The molecule has 0 spiro atoms. The third kappa shape index (κ3) is 5.16. The van der Waals surface area contributed by atoms with E-state index in [4.69, 9.17) is 0 Å². The van der Waals surface area contributed by atoms with Crippen molar-refractivity contribution >= 4 is 33.5 Å². The first-order valence-corrected chi connectivity index (χ1v) is 10.4. The smallest absolute Gasteiger partial charge is 0.330 e. The van der Waals surface area contributed by atoms with E-state index in [0.29, 0.717) is 17.8 Å². The number of nitrogens with zero attached hydrogens (tertiary/aromatic N) is 2. The highest BCUT2D eigenvalue weighted by Crippen LogP contribution is 2.31. The molecule has 0 fully saturated rings. The Hall–Kier alpha value is -2.65. The molecule has 1 atom stereocenters. The molecule has 0 bridgehead atoms. The van der Waals surface area contributed by atoms with Gasteiger partial charge in [0, 0.05) is 13.6 Å². The Balaban J connectivity index is 1.88. The number of alkyl halides is 3. The second-order valence-corrected chi connectivity index (χ2v) is 7.46. The number of carbonyl (C=O) groups excluding carboxylic acids is 1. The van der Waals surface area contributed by atoms with Crippen LogP contribution in [0, 0.1) is 0 Å². The van der Waals surface area contributed by atoms with Gasteiger partial charge in [-0.1, -0.05) is 36.4 Å². The average Bonchev–Trinajstić information content (AvgIpc) is 2.76. The Kier molecular flexibility index (Phi) is 7.17. The summed E-state index contributed by atoms with van der Waals surface area (Å²) < 4.78 is 42.6. The van der Waals surface area contributed by atoms with Gasteiger partial charge in [0.2, 0.25) is 0 Å². The van der Waals surface area contributed by atoms with Crippen molar-refractivity contribution in [2.75, 3.05) is 13.6 Å².